The first-order chi connectivity index (χ1) is 8.11. The van der Waals surface area contributed by atoms with Crippen molar-refractivity contribution in [1.29, 1.82) is 0 Å². The minimum atomic E-state index is 0. The monoisotopic (exact) mass is 274 g/mol. The van der Waals surface area contributed by atoms with E-state index >= 15 is 0 Å². The summed E-state index contributed by atoms with van der Waals surface area (Å²) in [5, 5.41) is 7.87. The Morgan fingerprint density at radius 3 is 2.83 bits per heavy atom. The second-order valence-corrected chi connectivity index (χ2v) is 4.79. The number of hydrogen-bond acceptors (Lipinski definition) is 4. The summed E-state index contributed by atoms with van der Waals surface area (Å²) in [6, 6.07) is 0.562. The normalized spacial score (nSPS) is 20.6. The fraction of sp³-hybridized carbons (Fsp3) is 0.750. The van der Waals surface area contributed by atoms with Gasteiger partial charge in [-0.25, -0.2) is 4.68 Å². The van der Waals surface area contributed by atoms with Crippen LogP contribution in [0.5, 0.6) is 5.88 Å². The van der Waals surface area contributed by atoms with E-state index in [9.17, 15) is 0 Å². The van der Waals surface area contributed by atoms with E-state index in [0.29, 0.717) is 6.04 Å². The third-order valence-electron chi connectivity index (χ3n) is 3.32. The number of methoxy groups -OCH3 is 1. The van der Waals surface area contributed by atoms with Gasteiger partial charge >= 0.3 is 0 Å². The molecule has 5 nitrogen and oxygen atoms in total. The number of aryl methyl sites for hydroxylation is 2. The first-order valence-corrected chi connectivity index (χ1v) is 6.14. The van der Waals surface area contributed by atoms with Crippen molar-refractivity contribution in [1.82, 2.24) is 20.0 Å². The highest BCUT2D eigenvalue weighted by Gasteiger charge is 2.20. The zero-order valence-electron chi connectivity index (χ0n) is 11.6. The van der Waals surface area contributed by atoms with Crippen molar-refractivity contribution in [2.45, 2.75) is 26.4 Å². The van der Waals surface area contributed by atoms with Crippen LogP contribution >= 0.6 is 12.4 Å². The Bertz CT molecular complexity index is 394. The van der Waals surface area contributed by atoms with E-state index in [0.717, 1.165) is 37.8 Å². The van der Waals surface area contributed by atoms with Crippen molar-refractivity contribution in [2.24, 2.45) is 7.05 Å². The minimum Gasteiger partial charge on any atom is -0.481 e. The summed E-state index contributed by atoms with van der Waals surface area (Å²) in [5.41, 5.74) is 2.28. The quantitative estimate of drug-likeness (QED) is 0.891. The molecule has 0 aromatic carbocycles. The molecule has 1 atom stereocenters. The molecule has 1 fully saturated rings. The molecule has 2 heterocycles. The second kappa shape index (κ2) is 6.41. The van der Waals surface area contributed by atoms with Crippen LogP contribution in [0.25, 0.3) is 0 Å². The number of hydrogen-bond donors (Lipinski definition) is 1. The van der Waals surface area contributed by atoms with E-state index in [4.69, 9.17) is 4.74 Å². The maximum absolute atomic E-state index is 5.42. The molecule has 104 valence electrons. The van der Waals surface area contributed by atoms with Crippen LogP contribution in [0.3, 0.4) is 0 Å². The highest BCUT2D eigenvalue weighted by Crippen LogP contribution is 2.23. The van der Waals surface area contributed by atoms with Crippen molar-refractivity contribution in [3.05, 3.63) is 11.3 Å². The van der Waals surface area contributed by atoms with Gasteiger partial charge in [-0.2, -0.15) is 5.10 Å². The molecule has 18 heavy (non-hydrogen) atoms. The number of ether oxygens (including phenoxy) is 1. The lowest BCUT2D eigenvalue weighted by atomic mass is 10.2. The van der Waals surface area contributed by atoms with E-state index in [1.165, 1.54) is 5.56 Å². The van der Waals surface area contributed by atoms with Crippen LogP contribution in [0.15, 0.2) is 0 Å². The van der Waals surface area contributed by atoms with Gasteiger partial charge in [0.15, 0.2) is 0 Å². The third-order valence-corrected chi connectivity index (χ3v) is 3.32. The second-order valence-electron chi connectivity index (χ2n) is 4.79. The van der Waals surface area contributed by atoms with Gasteiger partial charge in [-0.1, -0.05) is 0 Å². The molecule has 0 amide bonds. The molecule has 2 rings (SSSR count). The number of nitrogens with one attached hydrogen (secondary N) is 1. The van der Waals surface area contributed by atoms with Crippen LogP contribution in [0.1, 0.15) is 18.2 Å². The smallest absolute Gasteiger partial charge is 0.216 e. The molecule has 1 aliphatic heterocycles. The fourth-order valence-corrected chi connectivity index (χ4v) is 2.50. The molecule has 1 aromatic rings. The van der Waals surface area contributed by atoms with E-state index in [2.05, 4.69) is 22.2 Å². The Morgan fingerprint density at radius 1 is 1.50 bits per heavy atom. The molecule has 1 aliphatic rings. The van der Waals surface area contributed by atoms with E-state index in [-0.39, 0.29) is 12.4 Å². The molecule has 1 unspecified atom stereocenters. The van der Waals surface area contributed by atoms with E-state index in [1.54, 1.807) is 7.11 Å². The van der Waals surface area contributed by atoms with Gasteiger partial charge in [0.1, 0.15) is 0 Å². The highest BCUT2D eigenvalue weighted by molar-refractivity contribution is 5.85. The van der Waals surface area contributed by atoms with E-state index in [1.807, 2.05) is 18.7 Å². The maximum atomic E-state index is 5.42. The van der Waals surface area contributed by atoms with Crippen molar-refractivity contribution >= 4 is 12.4 Å². The Labute approximate surface area is 115 Å². The largest absolute Gasteiger partial charge is 0.481 e. The first-order valence-electron chi connectivity index (χ1n) is 6.14. The van der Waals surface area contributed by atoms with Gasteiger partial charge in [-0.3, -0.25) is 4.90 Å². The lowest BCUT2D eigenvalue weighted by Crippen LogP contribution is -2.48. The zero-order valence-corrected chi connectivity index (χ0v) is 12.4. The predicted molar refractivity (Wildman–Crippen MR) is 74.5 cm³/mol. The van der Waals surface area contributed by atoms with Gasteiger partial charge < -0.3 is 10.1 Å². The summed E-state index contributed by atoms with van der Waals surface area (Å²) in [6.07, 6.45) is 0. The van der Waals surface area contributed by atoms with Crippen LogP contribution < -0.4 is 10.1 Å². The minimum absolute atomic E-state index is 0. The average molecular weight is 275 g/mol. The topological polar surface area (TPSA) is 42.3 Å². The van der Waals surface area contributed by atoms with Crippen molar-refractivity contribution in [2.75, 3.05) is 26.7 Å². The van der Waals surface area contributed by atoms with Crippen LogP contribution in [0.4, 0.5) is 0 Å². The number of rotatable bonds is 3. The summed E-state index contributed by atoms with van der Waals surface area (Å²) in [4.78, 5) is 2.45. The van der Waals surface area contributed by atoms with Crippen LogP contribution in [0.2, 0.25) is 0 Å². The molecule has 1 N–H and O–H groups in total. The first kappa shape index (κ1) is 15.3. The molecule has 0 bridgehead atoms. The fourth-order valence-electron chi connectivity index (χ4n) is 2.50. The van der Waals surface area contributed by atoms with Gasteiger partial charge in [-0.15, -0.1) is 12.4 Å². The van der Waals surface area contributed by atoms with Gasteiger partial charge in [0, 0.05) is 39.3 Å². The molecule has 0 aliphatic carbocycles. The molecule has 1 saturated heterocycles. The van der Waals surface area contributed by atoms with Gasteiger partial charge in [0.25, 0.3) is 0 Å². The summed E-state index contributed by atoms with van der Waals surface area (Å²) in [7, 11) is 3.63. The number of piperazine rings is 1. The van der Waals surface area contributed by atoms with Crippen LogP contribution in [-0.2, 0) is 13.6 Å². The summed E-state index contributed by atoms with van der Waals surface area (Å²) in [5.74, 6) is 0.883. The highest BCUT2D eigenvalue weighted by atomic mass is 35.5. The average Bonchev–Trinajstić information content (AvgIpc) is 2.53. The number of halogens is 1. The molecule has 0 spiro atoms. The Hall–Kier alpha value is -0.780. The van der Waals surface area contributed by atoms with Gasteiger partial charge in [-0.05, 0) is 13.8 Å². The third kappa shape index (κ3) is 3.16. The lowest BCUT2D eigenvalue weighted by molar-refractivity contribution is 0.197. The molecule has 1 aromatic heterocycles. The molecular weight excluding hydrogens is 252 g/mol. The Morgan fingerprint density at radius 2 is 2.22 bits per heavy atom. The number of nitrogens with zero attached hydrogens (tertiary/aromatic N) is 3. The molecule has 0 radical (unpaired) electrons. The predicted octanol–water partition coefficient (Wildman–Crippen LogP) is 0.953. The summed E-state index contributed by atoms with van der Waals surface area (Å²) >= 11 is 0. The molecule has 6 heteroatoms. The summed E-state index contributed by atoms with van der Waals surface area (Å²) < 4.78 is 7.24. The summed E-state index contributed by atoms with van der Waals surface area (Å²) in [6.45, 7) is 8.42. The lowest BCUT2D eigenvalue weighted by Gasteiger charge is -2.31. The molecular formula is C12H23ClN4O. The zero-order chi connectivity index (χ0) is 12.4. The molecule has 0 saturated carbocycles. The standard InChI is InChI=1S/C12H22N4O.ClH/c1-9-7-16(6-5-13-9)8-11-10(2)14-15(3)12(11)17-4;/h9,13H,5-8H2,1-4H3;1H. The van der Waals surface area contributed by atoms with Crippen molar-refractivity contribution in [3.8, 4) is 5.88 Å². The Kier molecular flexibility index (Phi) is 5.44. The van der Waals surface area contributed by atoms with Gasteiger partial charge in [0.05, 0.1) is 18.4 Å². The van der Waals surface area contributed by atoms with Crippen LogP contribution in [-0.4, -0.2) is 47.5 Å². The van der Waals surface area contributed by atoms with Crippen LogP contribution in [0, 0.1) is 6.92 Å². The van der Waals surface area contributed by atoms with Gasteiger partial charge in [0.2, 0.25) is 5.88 Å². The Balaban J connectivity index is 0.00000162. The number of aromatic nitrogens is 2. The SMILES string of the molecule is COc1c(CN2CCNC(C)C2)c(C)nn1C.Cl. The maximum Gasteiger partial charge on any atom is 0.216 e. The van der Waals surface area contributed by atoms with E-state index < -0.39 is 0 Å². The van der Waals surface area contributed by atoms with Crippen molar-refractivity contribution < 1.29 is 4.74 Å². The van der Waals surface area contributed by atoms with Crippen molar-refractivity contribution in [3.63, 3.8) is 0 Å².